The number of amides is 1. The van der Waals surface area contributed by atoms with Crippen molar-refractivity contribution in [1.29, 1.82) is 0 Å². The summed E-state index contributed by atoms with van der Waals surface area (Å²) in [7, 11) is 4.68. The van der Waals surface area contributed by atoms with Crippen LogP contribution in [0, 0.1) is 0 Å². The molecular weight excluding hydrogens is 424 g/mol. The third-order valence-corrected chi connectivity index (χ3v) is 5.76. The van der Waals surface area contributed by atoms with Gasteiger partial charge in [-0.3, -0.25) is 9.69 Å². The van der Waals surface area contributed by atoms with Gasteiger partial charge < -0.3 is 29.0 Å². The molecule has 33 heavy (non-hydrogen) atoms. The number of para-hydroxylation sites is 1. The molecule has 0 bridgehead atoms. The molecule has 0 aromatic heterocycles. The van der Waals surface area contributed by atoms with Gasteiger partial charge in [-0.15, -0.1) is 0 Å². The van der Waals surface area contributed by atoms with Crippen molar-refractivity contribution in [2.45, 2.75) is 6.17 Å². The van der Waals surface area contributed by atoms with E-state index in [-0.39, 0.29) is 5.91 Å². The molecule has 1 atom stereocenters. The zero-order chi connectivity index (χ0) is 22.9. The molecular formula is C25H24N2O6. The van der Waals surface area contributed by atoms with E-state index in [1.807, 2.05) is 42.5 Å². The van der Waals surface area contributed by atoms with Crippen molar-refractivity contribution in [1.82, 2.24) is 0 Å². The molecule has 2 aliphatic rings. The molecule has 0 saturated heterocycles. The fourth-order valence-electron chi connectivity index (χ4n) is 4.26. The first-order chi connectivity index (χ1) is 16.2. The quantitative estimate of drug-likeness (QED) is 0.625. The molecule has 3 aromatic carbocycles. The Kier molecular flexibility index (Phi) is 5.34. The SMILES string of the molecule is COc1ccc(C2Nc3ccccc3C(=O)N2c2ccc3c(c2)OCCO3)c(OC)c1OC. The summed E-state index contributed by atoms with van der Waals surface area (Å²) in [5, 5.41) is 3.49. The minimum absolute atomic E-state index is 0.150. The van der Waals surface area contributed by atoms with E-state index in [0.717, 1.165) is 5.69 Å². The van der Waals surface area contributed by atoms with Crippen LogP contribution < -0.4 is 33.9 Å². The van der Waals surface area contributed by atoms with Gasteiger partial charge in [0.2, 0.25) is 5.75 Å². The van der Waals surface area contributed by atoms with Gasteiger partial charge in [0, 0.05) is 17.3 Å². The Morgan fingerprint density at radius 3 is 2.39 bits per heavy atom. The highest BCUT2D eigenvalue weighted by atomic mass is 16.6. The molecule has 2 aliphatic heterocycles. The average Bonchev–Trinajstić information content (AvgIpc) is 2.87. The van der Waals surface area contributed by atoms with E-state index < -0.39 is 6.17 Å². The largest absolute Gasteiger partial charge is 0.493 e. The predicted octanol–water partition coefficient (Wildman–Crippen LogP) is 4.25. The average molecular weight is 448 g/mol. The van der Waals surface area contributed by atoms with Crippen LogP contribution in [-0.2, 0) is 0 Å². The number of methoxy groups -OCH3 is 3. The van der Waals surface area contributed by atoms with Gasteiger partial charge in [-0.1, -0.05) is 12.1 Å². The molecule has 5 rings (SSSR count). The number of hydrogen-bond acceptors (Lipinski definition) is 7. The third-order valence-electron chi connectivity index (χ3n) is 5.76. The Labute approximate surface area is 191 Å². The summed E-state index contributed by atoms with van der Waals surface area (Å²) < 4.78 is 28.2. The Morgan fingerprint density at radius 2 is 1.64 bits per heavy atom. The molecule has 3 aromatic rings. The number of nitrogens with one attached hydrogen (secondary N) is 1. The number of anilines is 2. The lowest BCUT2D eigenvalue weighted by Gasteiger charge is -2.39. The summed E-state index contributed by atoms with van der Waals surface area (Å²) >= 11 is 0. The monoisotopic (exact) mass is 448 g/mol. The van der Waals surface area contributed by atoms with Gasteiger partial charge in [0.1, 0.15) is 19.4 Å². The number of hydrogen-bond donors (Lipinski definition) is 1. The Hall–Kier alpha value is -4.07. The van der Waals surface area contributed by atoms with Crippen molar-refractivity contribution in [2.75, 3.05) is 44.8 Å². The summed E-state index contributed by atoms with van der Waals surface area (Å²) in [5.41, 5.74) is 2.68. The Bertz CT molecular complexity index is 1210. The molecule has 8 heteroatoms. The van der Waals surface area contributed by atoms with Crippen LogP contribution in [0.4, 0.5) is 11.4 Å². The van der Waals surface area contributed by atoms with Crippen molar-refractivity contribution in [3.05, 3.63) is 65.7 Å². The van der Waals surface area contributed by atoms with Crippen molar-refractivity contribution >= 4 is 17.3 Å². The topological polar surface area (TPSA) is 78.5 Å². The standard InChI is InChI=1S/C25H24N2O6/c1-29-20-11-9-17(22(30-2)23(20)31-3)24-26-18-7-5-4-6-16(18)25(28)27(24)15-8-10-19-21(14-15)33-13-12-32-19/h4-11,14,24,26H,12-13H2,1-3H3. The maximum absolute atomic E-state index is 13.8. The van der Waals surface area contributed by atoms with Crippen molar-refractivity contribution in [2.24, 2.45) is 0 Å². The smallest absolute Gasteiger partial charge is 0.262 e. The predicted molar refractivity (Wildman–Crippen MR) is 123 cm³/mol. The van der Waals surface area contributed by atoms with E-state index in [2.05, 4.69) is 5.32 Å². The number of nitrogens with zero attached hydrogens (tertiary/aromatic N) is 1. The van der Waals surface area contributed by atoms with E-state index in [0.29, 0.717) is 58.8 Å². The van der Waals surface area contributed by atoms with Gasteiger partial charge in [-0.05, 0) is 36.4 Å². The molecule has 0 saturated carbocycles. The van der Waals surface area contributed by atoms with E-state index in [1.54, 1.807) is 38.4 Å². The van der Waals surface area contributed by atoms with Crippen molar-refractivity contribution in [3.8, 4) is 28.7 Å². The minimum atomic E-state index is -0.579. The molecule has 0 aliphatic carbocycles. The van der Waals surface area contributed by atoms with Crippen molar-refractivity contribution in [3.63, 3.8) is 0 Å². The summed E-state index contributed by atoms with van der Waals surface area (Å²) in [6.45, 7) is 0.952. The molecule has 170 valence electrons. The minimum Gasteiger partial charge on any atom is -0.493 e. The number of rotatable bonds is 5. The number of carbonyl (C=O) groups excluding carboxylic acids is 1. The highest BCUT2D eigenvalue weighted by Crippen LogP contribution is 2.47. The molecule has 0 radical (unpaired) electrons. The summed E-state index contributed by atoms with van der Waals surface area (Å²) in [4.78, 5) is 15.4. The normalized spacial score (nSPS) is 16.5. The summed E-state index contributed by atoms with van der Waals surface area (Å²) in [5.74, 6) is 2.57. The van der Waals surface area contributed by atoms with Gasteiger partial charge >= 0.3 is 0 Å². The van der Waals surface area contributed by atoms with Crippen LogP contribution in [0.5, 0.6) is 28.7 Å². The van der Waals surface area contributed by atoms with Gasteiger partial charge in [-0.2, -0.15) is 0 Å². The zero-order valence-corrected chi connectivity index (χ0v) is 18.6. The van der Waals surface area contributed by atoms with Gasteiger partial charge in [-0.25, -0.2) is 0 Å². The van der Waals surface area contributed by atoms with Crippen LogP contribution in [0.25, 0.3) is 0 Å². The third kappa shape index (κ3) is 3.44. The zero-order valence-electron chi connectivity index (χ0n) is 18.6. The summed E-state index contributed by atoms with van der Waals surface area (Å²) in [6.07, 6.45) is -0.579. The Morgan fingerprint density at radius 1 is 0.879 bits per heavy atom. The molecule has 8 nitrogen and oxygen atoms in total. The first-order valence-electron chi connectivity index (χ1n) is 10.5. The molecule has 1 amide bonds. The van der Waals surface area contributed by atoms with Crippen LogP contribution in [-0.4, -0.2) is 40.5 Å². The lowest BCUT2D eigenvalue weighted by Crippen LogP contribution is -2.43. The molecule has 2 heterocycles. The van der Waals surface area contributed by atoms with Crippen LogP contribution in [0.3, 0.4) is 0 Å². The maximum atomic E-state index is 13.8. The fraction of sp³-hybridized carbons (Fsp3) is 0.240. The Balaban J connectivity index is 1.69. The number of ether oxygens (including phenoxy) is 5. The molecule has 0 fully saturated rings. The lowest BCUT2D eigenvalue weighted by atomic mass is 10.0. The van der Waals surface area contributed by atoms with E-state index in [9.17, 15) is 4.79 Å². The van der Waals surface area contributed by atoms with Gasteiger partial charge in [0.15, 0.2) is 23.0 Å². The number of carbonyl (C=O) groups is 1. The highest BCUT2D eigenvalue weighted by Gasteiger charge is 2.37. The second kappa shape index (κ2) is 8.46. The van der Waals surface area contributed by atoms with Crippen molar-refractivity contribution < 1.29 is 28.5 Å². The van der Waals surface area contributed by atoms with E-state index >= 15 is 0 Å². The van der Waals surface area contributed by atoms with Crippen LogP contribution in [0.2, 0.25) is 0 Å². The maximum Gasteiger partial charge on any atom is 0.262 e. The lowest BCUT2D eigenvalue weighted by molar-refractivity contribution is 0.0974. The van der Waals surface area contributed by atoms with Gasteiger partial charge in [0.05, 0.1) is 32.6 Å². The van der Waals surface area contributed by atoms with Crippen LogP contribution in [0.15, 0.2) is 54.6 Å². The first kappa shape index (κ1) is 20.8. The second-order valence-electron chi connectivity index (χ2n) is 7.52. The number of fused-ring (bicyclic) bond motifs is 2. The molecule has 1 N–H and O–H groups in total. The fourth-order valence-corrected chi connectivity index (χ4v) is 4.26. The van der Waals surface area contributed by atoms with E-state index in [4.69, 9.17) is 23.7 Å². The second-order valence-corrected chi connectivity index (χ2v) is 7.52. The molecule has 0 spiro atoms. The van der Waals surface area contributed by atoms with Crippen LogP contribution >= 0.6 is 0 Å². The highest BCUT2D eigenvalue weighted by molar-refractivity contribution is 6.12. The number of benzene rings is 3. The first-order valence-corrected chi connectivity index (χ1v) is 10.5. The van der Waals surface area contributed by atoms with E-state index in [1.165, 1.54) is 0 Å². The molecule has 1 unspecified atom stereocenters. The summed E-state index contributed by atoms with van der Waals surface area (Å²) in [6, 6.07) is 16.6. The van der Waals surface area contributed by atoms with Gasteiger partial charge in [0.25, 0.3) is 5.91 Å². The van der Waals surface area contributed by atoms with Crippen LogP contribution in [0.1, 0.15) is 22.1 Å².